The molecule has 0 aliphatic heterocycles. The van der Waals surface area contributed by atoms with Gasteiger partial charge in [0, 0.05) is 0 Å². The molecule has 1 fully saturated rings. The first-order valence-corrected chi connectivity index (χ1v) is 11.4. The van der Waals surface area contributed by atoms with Gasteiger partial charge in [-0.25, -0.2) is 13.6 Å². The Balaban J connectivity index is 1.45. The maximum absolute atomic E-state index is 13.5. The Bertz CT molecular complexity index is 1060. The molecule has 0 radical (unpaired) electrons. The van der Waals surface area contributed by atoms with Crippen LogP contribution >= 0.6 is 0 Å². The number of carbonyl (C=O) groups excluding carboxylic acids is 1. The molecule has 166 valence electrons. The highest BCUT2D eigenvalue weighted by Gasteiger charge is 2.32. The standard InChI is InChI=1S/C28H28F2O2/c1-2-16-28(17-4-3-5-18-28)23-11-6-21(7-12-23)27(31)32-24-13-8-20(9-14-24)22-10-15-25(29)26(30)19-22/h6-15,19H,2-5,16-18H2,1H3. The smallest absolute Gasteiger partial charge is 0.343 e. The average molecular weight is 435 g/mol. The number of rotatable bonds is 6. The van der Waals surface area contributed by atoms with Crippen molar-refractivity contribution in [3.8, 4) is 16.9 Å². The lowest BCUT2D eigenvalue weighted by Crippen LogP contribution is -2.29. The Morgan fingerprint density at radius 2 is 1.50 bits per heavy atom. The van der Waals surface area contributed by atoms with Gasteiger partial charge in [0.1, 0.15) is 5.75 Å². The van der Waals surface area contributed by atoms with E-state index in [1.54, 1.807) is 24.3 Å². The van der Waals surface area contributed by atoms with Crippen LogP contribution in [0.2, 0.25) is 0 Å². The van der Waals surface area contributed by atoms with Crippen LogP contribution < -0.4 is 4.74 Å². The first kappa shape index (κ1) is 22.2. The topological polar surface area (TPSA) is 26.3 Å². The summed E-state index contributed by atoms with van der Waals surface area (Å²) in [6.45, 7) is 2.24. The van der Waals surface area contributed by atoms with Gasteiger partial charge in [0.05, 0.1) is 5.56 Å². The van der Waals surface area contributed by atoms with E-state index in [4.69, 9.17) is 4.74 Å². The van der Waals surface area contributed by atoms with E-state index >= 15 is 0 Å². The highest BCUT2D eigenvalue weighted by Crippen LogP contribution is 2.43. The van der Waals surface area contributed by atoms with Crippen molar-refractivity contribution >= 4 is 5.97 Å². The summed E-state index contributed by atoms with van der Waals surface area (Å²) in [6, 6.07) is 18.4. The molecule has 3 aromatic rings. The van der Waals surface area contributed by atoms with E-state index in [2.05, 4.69) is 19.1 Å². The third-order valence-electron chi connectivity index (χ3n) is 6.59. The number of hydrogen-bond donors (Lipinski definition) is 0. The number of halogens is 2. The molecule has 2 nitrogen and oxygen atoms in total. The normalized spacial score (nSPS) is 15.3. The van der Waals surface area contributed by atoms with Crippen LogP contribution in [0.1, 0.15) is 67.8 Å². The molecule has 0 bridgehead atoms. The number of ether oxygens (including phenoxy) is 1. The predicted molar refractivity (Wildman–Crippen MR) is 123 cm³/mol. The van der Waals surface area contributed by atoms with Gasteiger partial charge in [-0.1, -0.05) is 62.9 Å². The molecule has 0 unspecified atom stereocenters. The molecular formula is C28H28F2O2. The third kappa shape index (κ3) is 4.74. The van der Waals surface area contributed by atoms with Crippen molar-refractivity contribution in [2.75, 3.05) is 0 Å². The first-order chi connectivity index (χ1) is 15.5. The summed E-state index contributed by atoms with van der Waals surface area (Å²) in [5.74, 6) is -1.78. The van der Waals surface area contributed by atoms with E-state index in [1.165, 1.54) is 50.2 Å². The second kappa shape index (κ2) is 9.64. The summed E-state index contributed by atoms with van der Waals surface area (Å²) in [6.07, 6.45) is 8.62. The molecule has 0 heterocycles. The second-order valence-electron chi connectivity index (χ2n) is 8.71. The zero-order chi connectivity index (χ0) is 22.6. The largest absolute Gasteiger partial charge is 0.423 e. The fourth-order valence-electron chi connectivity index (χ4n) is 4.91. The average Bonchev–Trinajstić information content (AvgIpc) is 2.82. The van der Waals surface area contributed by atoms with E-state index in [1.807, 2.05) is 12.1 Å². The van der Waals surface area contributed by atoms with Gasteiger partial charge in [0.25, 0.3) is 0 Å². The number of esters is 1. The van der Waals surface area contributed by atoms with Gasteiger partial charge < -0.3 is 4.74 Å². The monoisotopic (exact) mass is 434 g/mol. The number of benzene rings is 3. The minimum absolute atomic E-state index is 0.241. The van der Waals surface area contributed by atoms with Crippen LogP contribution in [-0.2, 0) is 5.41 Å². The summed E-state index contributed by atoms with van der Waals surface area (Å²) in [4.78, 5) is 12.6. The summed E-state index contributed by atoms with van der Waals surface area (Å²) in [5, 5.41) is 0. The van der Waals surface area contributed by atoms with E-state index in [9.17, 15) is 13.6 Å². The molecule has 0 aromatic heterocycles. The highest BCUT2D eigenvalue weighted by atomic mass is 19.2. The zero-order valence-corrected chi connectivity index (χ0v) is 18.4. The molecule has 0 amide bonds. The van der Waals surface area contributed by atoms with Crippen molar-refractivity contribution in [3.05, 3.63) is 89.5 Å². The lowest BCUT2D eigenvalue weighted by atomic mass is 9.67. The molecule has 0 N–H and O–H groups in total. The van der Waals surface area contributed by atoms with Gasteiger partial charge in [-0.3, -0.25) is 0 Å². The fraction of sp³-hybridized carbons (Fsp3) is 0.321. The summed E-state index contributed by atoms with van der Waals surface area (Å²) in [5.41, 5.74) is 3.35. The quantitative estimate of drug-likeness (QED) is 0.292. The van der Waals surface area contributed by atoms with Crippen molar-refractivity contribution in [2.45, 2.75) is 57.3 Å². The summed E-state index contributed by atoms with van der Waals surface area (Å²) < 4.78 is 32.1. The van der Waals surface area contributed by atoms with Crippen LogP contribution in [-0.4, -0.2) is 5.97 Å². The number of hydrogen-bond acceptors (Lipinski definition) is 2. The molecule has 4 rings (SSSR count). The maximum atomic E-state index is 13.5. The van der Waals surface area contributed by atoms with Crippen LogP contribution in [0.3, 0.4) is 0 Å². The molecule has 1 aliphatic carbocycles. The van der Waals surface area contributed by atoms with Gasteiger partial charge in [-0.2, -0.15) is 0 Å². The lowest BCUT2D eigenvalue weighted by molar-refractivity contribution is 0.0734. The van der Waals surface area contributed by atoms with Crippen molar-refractivity contribution in [1.29, 1.82) is 0 Å². The van der Waals surface area contributed by atoms with Gasteiger partial charge in [0.15, 0.2) is 11.6 Å². The van der Waals surface area contributed by atoms with Crippen LogP contribution in [0.4, 0.5) is 8.78 Å². The Kier molecular flexibility index (Phi) is 6.69. The van der Waals surface area contributed by atoms with Crippen LogP contribution in [0.15, 0.2) is 66.7 Å². The fourth-order valence-corrected chi connectivity index (χ4v) is 4.91. The molecule has 1 saturated carbocycles. The van der Waals surface area contributed by atoms with Crippen LogP contribution in [0, 0.1) is 11.6 Å². The molecule has 1 aliphatic rings. The Labute approximate surface area is 188 Å². The van der Waals surface area contributed by atoms with Crippen molar-refractivity contribution in [2.24, 2.45) is 0 Å². The molecule has 0 saturated heterocycles. The third-order valence-corrected chi connectivity index (χ3v) is 6.59. The zero-order valence-electron chi connectivity index (χ0n) is 18.4. The molecule has 0 spiro atoms. The van der Waals surface area contributed by atoms with E-state index in [0.29, 0.717) is 22.4 Å². The second-order valence-corrected chi connectivity index (χ2v) is 8.71. The van der Waals surface area contributed by atoms with Crippen molar-refractivity contribution in [1.82, 2.24) is 0 Å². The Morgan fingerprint density at radius 3 is 2.12 bits per heavy atom. The summed E-state index contributed by atoms with van der Waals surface area (Å²) in [7, 11) is 0. The first-order valence-electron chi connectivity index (χ1n) is 11.4. The van der Waals surface area contributed by atoms with Crippen molar-refractivity contribution in [3.63, 3.8) is 0 Å². The van der Waals surface area contributed by atoms with Crippen LogP contribution in [0.5, 0.6) is 5.75 Å². The Hall–Kier alpha value is -3.01. The highest BCUT2D eigenvalue weighted by molar-refractivity contribution is 5.91. The lowest BCUT2D eigenvalue weighted by Gasteiger charge is -2.38. The molecule has 0 atom stereocenters. The van der Waals surface area contributed by atoms with Crippen LogP contribution in [0.25, 0.3) is 11.1 Å². The van der Waals surface area contributed by atoms with E-state index < -0.39 is 17.6 Å². The molecule has 4 heteroatoms. The predicted octanol–water partition coefficient (Wildman–Crippen LogP) is 7.85. The summed E-state index contributed by atoms with van der Waals surface area (Å²) >= 11 is 0. The SMILES string of the molecule is CCCC1(c2ccc(C(=O)Oc3ccc(-c4ccc(F)c(F)c4)cc3)cc2)CCCCC1. The van der Waals surface area contributed by atoms with Gasteiger partial charge in [0.2, 0.25) is 0 Å². The molecular weight excluding hydrogens is 406 g/mol. The van der Waals surface area contributed by atoms with Gasteiger partial charge in [-0.15, -0.1) is 0 Å². The van der Waals surface area contributed by atoms with Gasteiger partial charge >= 0.3 is 5.97 Å². The molecule has 32 heavy (non-hydrogen) atoms. The van der Waals surface area contributed by atoms with Crippen molar-refractivity contribution < 1.29 is 18.3 Å². The maximum Gasteiger partial charge on any atom is 0.343 e. The van der Waals surface area contributed by atoms with E-state index in [0.717, 1.165) is 18.6 Å². The minimum atomic E-state index is -0.893. The van der Waals surface area contributed by atoms with E-state index in [-0.39, 0.29) is 5.41 Å². The Morgan fingerprint density at radius 1 is 0.844 bits per heavy atom. The minimum Gasteiger partial charge on any atom is -0.423 e. The van der Waals surface area contributed by atoms with Gasteiger partial charge in [-0.05, 0) is 77.8 Å². The number of carbonyl (C=O) groups is 1. The molecule has 3 aromatic carbocycles.